The molecule has 0 bridgehead atoms. The minimum atomic E-state index is -0.225. The van der Waals surface area contributed by atoms with Crippen LogP contribution in [0, 0.1) is 6.92 Å². The van der Waals surface area contributed by atoms with E-state index < -0.39 is 0 Å². The molecule has 0 atom stereocenters. The number of nitrogens with zero attached hydrogens (tertiary/aromatic N) is 4. The Kier molecular flexibility index (Phi) is 4.42. The molecule has 1 N–H and O–H groups in total. The Balaban J connectivity index is 1.67. The number of rotatable bonds is 5. The number of aromatic nitrogens is 4. The van der Waals surface area contributed by atoms with Gasteiger partial charge in [-0.15, -0.1) is 0 Å². The van der Waals surface area contributed by atoms with E-state index >= 15 is 0 Å². The first-order valence-electron chi connectivity index (χ1n) is 7.37. The summed E-state index contributed by atoms with van der Waals surface area (Å²) in [5.74, 6) is 0.675. The van der Waals surface area contributed by atoms with Crippen LogP contribution in [0.3, 0.4) is 0 Å². The number of aryl methyl sites for hydroxylation is 1. The minimum absolute atomic E-state index is 0.225. The lowest BCUT2D eigenvalue weighted by Gasteiger charge is -2.11. The van der Waals surface area contributed by atoms with Gasteiger partial charge in [0, 0.05) is 42.9 Å². The molecular formula is C17H17N5O. The van der Waals surface area contributed by atoms with Crippen LogP contribution in [0.2, 0.25) is 0 Å². The third kappa shape index (κ3) is 3.42. The monoisotopic (exact) mass is 307 g/mol. The molecule has 0 aliphatic heterocycles. The van der Waals surface area contributed by atoms with E-state index in [9.17, 15) is 4.79 Å². The van der Waals surface area contributed by atoms with Crippen LogP contribution in [0.4, 0.5) is 0 Å². The molecule has 2 aromatic heterocycles. The van der Waals surface area contributed by atoms with E-state index in [4.69, 9.17) is 0 Å². The lowest BCUT2D eigenvalue weighted by atomic mass is 10.2. The van der Waals surface area contributed by atoms with Crippen LogP contribution in [0.25, 0.3) is 11.4 Å². The lowest BCUT2D eigenvalue weighted by molar-refractivity contribution is 0.0947. The average Bonchev–Trinajstić information content (AvgIpc) is 2.97. The van der Waals surface area contributed by atoms with Crippen molar-refractivity contribution in [3.63, 3.8) is 0 Å². The number of amides is 1. The van der Waals surface area contributed by atoms with Gasteiger partial charge < -0.3 is 9.88 Å². The first kappa shape index (κ1) is 14.9. The fourth-order valence-corrected chi connectivity index (χ4v) is 2.35. The molecule has 1 aromatic carbocycles. The molecular weight excluding hydrogens is 290 g/mol. The smallest absolute Gasteiger partial charge is 0.271 e. The fourth-order valence-electron chi connectivity index (χ4n) is 2.35. The van der Waals surface area contributed by atoms with E-state index in [0.717, 1.165) is 17.1 Å². The van der Waals surface area contributed by atoms with Gasteiger partial charge >= 0.3 is 0 Å². The van der Waals surface area contributed by atoms with Crippen molar-refractivity contribution in [2.24, 2.45) is 0 Å². The first-order chi connectivity index (χ1) is 11.3. The molecule has 116 valence electrons. The Hall–Kier alpha value is -3.02. The predicted molar refractivity (Wildman–Crippen MR) is 86.8 cm³/mol. The third-order valence-corrected chi connectivity index (χ3v) is 3.50. The van der Waals surface area contributed by atoms with Crippen LogP contribution in [0.1, 0.15) is 16.2 Å². The normalized spacial score (nSPS) is 10.5. The Morgan fingerprint density at radius 2 is 1.96 bits per heavy atom. The van der Waals surface area contributed by atoms with Gasteiger partial charge in [-0.1, -0.05) is 30.3 Å². The number of hydrogen-bond donors (Lipinski definition) is 1. The highest BCUT2D eigenvalue weighted by Crippen LogP contribution is 2.18. The molecule has 2 heterocycles. The van der Waals surface area contributed by atoms with Crippen LogP contribution >= 0.6 is 0 Å². The van der Waals surface area contributed by atoms with Gasteiger partial charge in [-0.3, -0.25) is 9.78 Å². The highest BCUT2D eigenvalue weighted by molar-refractivity contribution is 5.91. The largest absolute Gasteiger partial charge is 0.349 e. The molecule has 0 spiro atoms. The molecule has 0 aliphatic carbocycles. The van der Waals surface area contributed by atoms with E-state index in [1.807, 2.05) is 43.5 Å². The van der Waals surface area contributed by atoms with E-state index in [-0.39, 0.29) is 5.91 Å². The molecule has 23 heavy (non-hydrogen) atoms. The van der Waals surface area contributed by atoms with Gasteiger partial charge in [0.1, 0.15) is 11.5 Å². The number of carbonyl (C=O) groups is 1. The van der Waals surface area contributed by atoms with E-state index in [1.54, 1.807) is 0 Å². The highest BCUT2D eigenvalue weighted by Gasteiger charge is 2.10. The molecule has 0 fully saturated rings. The highest BCUT2D eigenvalue weighted by atomic mass is 16.1. The van der Waals surface area contributed by atoms with Crippen LogP contribution in [0.5, 0.6) is 0 Å². The number of nitrogens with one attached hydrogen (secondary N) is 1. The van der Waals surface area contributed by atoms with Crippen LogP contribution in [0.15, 0.2) is 55.1 Å². The first-order valence-corrected chi connectivity index (χ1v) is 7.37. The van der Waals surface area contributed by atoms with Gasteiger partial charge in [-0.05, 0) is 6.92 Å². The summed E-state index contributed by atoms with van der Waals surface area (Å²) < 4.78 is 2.09. The van der Waals surface area contributed by atoms with Crippen molar-refractivity contribution >= 4 is 5.91 Å². The van der Waals surface area contributed by atoms with Crippen molar-refractivity contribution < 1.29 is 4.79 Å². The summed E-state index contributed by atoms with van der Waals surface area (Å²) in [5, 5.41) is 2.85. The van der Waals surface area contributed by atoms with Crippen molar-refractivity contribution in [2.45, 2.75) is 13.5 Å². The number of carbonyl (C=O) groups excluding carboxylic acids is 1. The topological polar surface area (TPSA) is 72.7 Å². The molecule has 3 aromatic rings. The Bertz CT molecular complexity index is 783. The van der Waals surface area contributed by atoms with Crippen molar-refractivity contribution in [3.8, 4) is 11.4 Å². The Morgan fingerprint density at radius 3 is 2.70 bits per heavy atom. The van der Waals surface area contributed by atoms with Crippen molar-refractivity contribution in [2.75, 3.05) is 6.54 Å². The quantitative estimate of drug-likeness (QED) is 0.783. The summed E-state index contributed by atoms with van der Waals surface area (Å²) >= 11 is 0. The van der Waals surface area contributed by atoms with Crippen molar-refractivity contribution in [1.29, 1.82) is 0 Å². The standard InChI is InChI=1S/C17H17N5O/c1-13-11-21-16(14-5-3-2-4-6-14)22(13)10-9-20-17(23)15-12-18-7-8-19-15/h2-8,11-12H,9-10H2,1H3,(H,20,23). The molecule has 6 heteroatoms. The van der Waals surface area contributed by atoms with Gasteiger partial charge in [0.25, 0.3) is 5.91 Å². The average molecular weight is 307 g/mol. The minimum Gasteiger partial charge on any atom is -0.349 e. The second-order valence-electron chi connectivity index (χ2n) is 5.09. The molecule has 6 nitrogen and oxygen atoms in total. The summed E-state index contributed by atoms with van der Waals surface area (Å²) in [7, 11) is 0. The summed E-state index contributed by atoms with van der Waals surface area (Å²) in [4.78, 5) is 24.3. The maximum atomic E-state index is 12.0. The van der Waals surface area contributed by atoms with Crippen molar-refractivity contribution in [3.05, 3.63) is 66.5 Å². The van der Waals surface area contributed by atoms with Gasteiger partial charge in [-0.25, -0.2) is 9.97 Å². The predicted octanol–water partition coefficient (Wildman–Crippen LogP) is 2.08. The number of hydrogen-bond acceptors (Lipinski definition) is 4. The third-order valence-electron chi connectivity index (χ3n) is 3.50. The SMILES string of the molecule is Cc1cnc(-c2ccccc2)n1CCNC(=O)c1cnccn1. The molecule has 1 amide bonds. The lowest BCUT2D eigenvalue weighted by Crippen LogP contribution is -2.28. The summed E-state index contributed by atoms with van der Waals surface area (Å²) in [6.07, 6.45) is 6.33. The molecule has 0 saturated heterocycles. The van der Waals surface area contributed by atoms with Crippen molar-refractivity contribution in [1.82, 2.24) is 24.8 Å². The summed E-state index contributed by atoms with van der Waals surface area (Å²) in [5.41, 5.74) is 2.43. The van der Waals surface area contributed by atoms with Gasteiger partial charge in [0.05, 0.1) is 6.20 Å². The number of benzene rings is 1. The van der Waals surface area contributed by atoms with Crippen LogP contribution in [-0.2, 0) is 6.54 Å². The molecule has 0 aliphatic rings. The van der Waals surface area contributed by atoms with E-state index in [2.05, 4.69) is 24.8 Å². The Labute approximate surface area is 134 Å². The Morgan fingerprint density at radius 1 is 1.13 bits per heavy atom. The maximum absolute atomic E-state index is 12.0. The second kappa shape index (κ2) is 6.83. The summed E-state index contributed by atoms with van der Waals surface area (Å²) in [6.45, 7) is 3.14. The molecule has 0 radical (unpaired) electrons. The molecule has 0 saturated carbocycles. The second-order valence-corrected chi connectivity index (χ2v) is 5.09. The van der Waals surface area contributed by atoms with Gasteiger partial charge in [0.15, 0.2) is 0 Å². The van der Waals surface area contributed by atoms with Gasteiger partial charge in [-0.2, -0.15) is 0 Å². The van der Waals surface area contributed by atoms with Crippen LogP contribution < -0.4 is 5.32 Å². The molecule has 3 rings (SSSR count). The molecule has 0 unspecified atom stereocenters. The van der Waals surface area contributed by atoms with E-state index in [0.29, 0.717) is 18.8 Å². The maximum Gasteiger partial charge on any atom is 0.271 e. The van der Waals surface area contributed by atoms with E-state index in [1.165, 1.54) is 18.6 Å². The zero-order chi connectivity index (χ0) is 16.1. The zero-order valence-electron chi connectivity index (χ0n) is 12.8. The zero-order valence-corrected chi connectivity index (χ0v) is 12.8. The fraction of sp³-hybridized carbons (Fsp3) is 0.176. The van der Waals surface area contributed by atoms with Crippen LogP contribution in [-0.4, -0.2) is 32.0 Å². The summed E-state index contributed by atoms with van der Waals surface area (Å²) in [6, 6.07) is 10.00. The number of imidazole rings is 1. The van der Waals surface area contributed by atoms with Gasteiger partial charge in [0.2, 0.25) is 0 Å².